The first-order valence-corrected chi connectivity index (χ1v) is 8.52. The van der Waals surface area contributed by atoms with Crippen LogP contribution in [-0.4, -0.2) is 17.1 Å². The minimum absolute atomic E-state index is 0.503. The Hall–Kier alpha value is -1.39. The largest absolute Gasteiger partial charge is 0.362 e. The Morgan fingerprint density at radius 3 is 3.00 bits per heavy atom. The highest BCUT2D eigenvalue weighted by Gasteiger charge is 2.25. The topological polar surface area (TPSA) is 28.2 Å². The molecule has 0 amide bonds. The van der Waals surface area contributed by atoms with Crippen LogP contribution in [0.5, 0.6) is 0 Å². The summed E-state index contributed by atoms with van der Waals surface area (Å²) in [4.78, 5) is 7.24. The standard InChI is InChI=1S/C17H23N3S/c1-12(2)18-9-17-19-15(11-21-17)10-20-13(3)8-14-6-4-5-7-16(14)20/h4-7,11-13,18H,8-10H2,1-3H3. The van der Waals surface area contributed by atoms with Gasteiger partial charge in [0.2, 0.25) is 0 Å². The molecule has 0 saturated carbocycles. The molecular formula is C17H23N3S. The summed E-state index contributed by atoms with van der Waals surface area (Å²) in [6.07, 6.45) is 1.14. The highest BCUT2D eigenvalue weighted by atomic mass is 32.1. The maximum atomic E-state index is 4.77. The maximum Gasteiger partial charge on any atom is 0.107 e. The fourth-order valence-electron chi connectivity index (χ4n) is 2.84. The van der Waals surface area contributed by atoms with Gasteiger partial charge in [-0.15, -0.1) is 11.3 Å². The van der Waals surface area contributed by atoms with Crippen molar-refractivity contribution in [3.63, 3.8) is 0 Å². The number of nitrogens with one attached hydrogen (secondary N) is 1. The summed E-state index contributed by atoms with van der Waals surface area (Å²) in [5.41, 5.74) is 4.02. The van der Waals surface area contributed by atoms with Crippen LogP contribution in [0.3, 0.4) is 0 Å². The number of nitrogens with zero attached hydrogens (tertiary/aromatic N) is 2. The van der Waals surface area contributed by atoms with E-state index < -0.39 is 0 Å². The average Bonchev–Trinajstić information content (AvgIpc) is 3.02. The first-order valence-electron chi connectivity index (χ1n) is 7.64. The Morgan fingerprint density at radius 1 is 1.38 bits per heavy atom. The van der Waals surface area contributed by atoms with Gasteiger partial charge in [0.25, 0.3) is 0 Å². The Labute approximate surface area is 131 Å². The first kappa shape index (κ1) is 14.5. The third kappa shape index (κ3) is 3.27. The van der Waals surface area contributed by atoms with Crippen molar-refractivity contribution in [1.29, 1.82) is 0 Å². The summed E-state index contributed by atoms with van der Waals surface area (Å²) in [7, 11) is 0. The second kappa shape index (κ2) is 6.16. The molecule has 0 bridgehead atoms. The van der Waals surface area contributed by atoms with E-state index in [1.165, 1.54) is 22.0 Å². The number of aromatic nitrogens is 1. The van der Waals surface area contributed by atoms with Crippen molar-refractivity contribution >= 4 is 17.0 Å². The quantitative estimate of drug-likeness (QED) is 0.914. The molecule has 0 fully saturated rings. The fourth-order valence-corrected chi connectivity index (χ4v) is 3.58. The molecule has 0 saturated heterocycles. The molecule has 2 aromatic rings. The summed E-state index contributed by atoms with van der Waals surface area (Å²) in [5.74, 6) is 0. The van der Waals surface area contributed by atoms with E-state index in [0.29, 0.717) is 12.1 Å². The third-order valence-corrected chi connectivity index (χ3v) is 4.84. The van der Waals surface area contributed by atoms with E-state index in [1.807, 2.05) is 0 Å². The highest BCUT2D eigenvalue weighted by Crippen LogP contribution is 2.33. The minimum atomic E-state index is 0.503. The van der Waals surface area contributed by atoms with E-state index in [4.69, 9.17) is 4.98 Å². The van der Waals surface area contributed by atoms with Crippen LogP contribution in [0.15, 0.2) is 29.6 Å². The summed E-state index contributed by atoms with van der Waals surface area (Å²) < 4.78 is 0. The lowest BCUT2D eigenvalue weighted by molar-refractivity contribution is 0.585. The van der Waals surface area contributed by atoms with Gasteiger partial charge in [-0.3, -0.25) is 0 Å². The van der Waals surface area contributed by atoms with Gasteiger partial charge >= 0.3 is 0 Å². The zero-order valence-electron chi connectivity index (χ0n) is 13.0. The molecule has 2 heterocycles. The van der Waals surface area contributed by atoms with E-state index in [2.05, 4.69) is 60.6 Å². The molecule has 3 rings (SSSR count). The lowest BCUT2D eigenvalue weighted by atomic mass is 10.1. The van der Waals surface area contributed by atoms with Gasteiger partial charge in [0.1, 0.15) is 5.01 Å². The normalized spacial score (nSPS) is 17.5. The molecule has 4 heteroatoms. The van der Waals surface area contributed by atoms with Gasteiger partial charge in [0, 0.05) is 29.7 Å². The van der Waals surface area contributed by atoms with Crippen LogP contribution in [-0.2, 0) is 19.5 Å². The van der Waals surface area contributed by atoms with Crippen LogP contribution < -0.4 is 10.2 Å². The number of anilines is 1. The molecule has 3 nitrogen and oxygen atoms in total. The lowest BCUT2D eigenvalue weighted by Crippen LogP contribution is -2.28. The highest BCUT2D eigenvalue weighted by molar-refractivity contribution is 7.09. The molecule has 1 unspecified atom stereocenters. The molecular weight excluding hydrogens is 278 g/mol. The van der Waals surface area contributed by atoms with Gasteiger partial charge in [-0.25, -0.2) is 4.98 Å². The van der Waals surface area contributed by atoms with Gasteiger partial charge in [-0.2, -0.15) is 0 Å². The first-order chi connectivity index (χ1) is 10.1. The smallest absolute Gasteiger partial charge is 0.107 e. The zero-order valence-corrected chi connectivity index (χ0v) is 13.8. The van der Waals surface area contributed by atoms with Crippen LogP contribution in [0.25, 0.3) is 0 Å². The second-order valence-corrected chi connectivity index (χ2v) is 7.02. The minimum Gasteiger partial charge on any atom is -0.362 e. The second-order valence-electron chi connectivity index (χ2n) is 6.08. The molecule has 112 valence electrons. The predicted molar refractivity (Wildman–Crippen MR) is 89.9 cm³/mol. The third-order valence-electron chi connectivity index (χ3n) is 3.94. The van der Waals surface area contributed by atoms with Gasteiger partial charge in [0.05, 0.1) is 12.2 Å². The molecule has 0 spiro atoms. The monoisotopic (exact) mass is 301 g/mol. The van der Waals surface area contributed by atoms with Crippen LogP contribution in [0.2, 0.25) is 0 Å². The van der Waals surface area contributed by atoms with E-state index >= 15 is 0 Å². The number of fused-ring (bicyclic) bond motifs is 1. The van der Waals surface area contributed by atoms with Crippen molar-refractivity contribution < 1.29 is 0 Å². The van der Waals surface area contributed by atoms with E-state index in [1.54, 1.807) is 11.3 Å². The summed E-state index contributed by atoms with van der Waals surface area (Å²) >= 11 is 1.76. The molecule has 1 aromatic carbocycles. The van der Waals surface area contributed by atoms with Gasteiger partial charge in [-0.05, 0) is 25.0 Å². The van der Waals surface area contributed by atoms with E-state index in [0.717, 1.165) is 19.5 Å². The van der Waals surface area contributed by atoms with Crippen molar-refractivity contribution in [1.82, 2.24) is 10.3 Å². The molecule has 0 aliphatic carbocycles. The number of thiazole rings is 1. The Morgan fingerprint density at radius 2 is 2.19 bits per heavy atom. The number of benzene rings is 1. The zero-order chi connectivity index (χ0) is 14.8. The Kier molecular flexibility index (Phi) is 4.27. The van der Waals surface area contributed by atoms with E-state index in [9.17, 15) is 0 Å². The van der Waals surface area contributed by atoms with Crippen molar-refractivity contribution in [2.75, 3.05) is 4.90 Å². The van der Waals surface area contributed by atoms with Crippen LogP contribution in [0.4, 0.5) is 5.69 Å². The molecule has 1 aromatic heterocycles. The SMILES string of the molecule is CC(C)NCc1nc(CN2c3ccccc3CC2C)cs1. The van der Waals surface area contributed by atoms with Gasteiger partial charge in [0.15, 0.2) is 0 Å². The van der Waals surface area contributed by atoms with Crippen molar-refractivity contribution in [2.24, 2.45) is 0 Å². The average molecular weight is 301 g/mol. The maximum absolute atomic E-state index is 4.77. The summed E-state index contributed by atoms with van der Waals surface area (Å²) in [6.45, 7) is 8.41. The van der Waals surface area contributed by atoms with Crippen LogP contribution in [0, 0.1) is 0 Å². The molecule has 1 aliphatic rings. The number of hydrogen-bond acceptors (Lipinski definition) is 4. The van der Waals surface area contributed by atoms with Crippen molar-refractivity contribution in [2.45, 2.75) is 52.4 Å². The molecule has 21 heavy (non-hydrogen) atoms. The van der Waals surface area contributed by atoms with Crippen LogP contribution in [0.1, 0.15) is 37.0 Å². The molecule has 1 N–H and O–H groups in total. The van der Waals surface area contributed by atoms with Crippen molar-refractivity contribution in [3.8, 4) is 0 Å². The summed E-state index contributed by atoms with van der Waals surface area (Å²) in [5, 5.41) is 6.81. The Bertz CT molecular complexity index is 606. The van der Waals surface area contributed by atoms with Crippen molar-refractivity contribution in [3.05, 3.63) is 45.9 Å². The van der Waals surface area contributed by atoms with Gasteiger partial charge in [-0.1, -0.05) is 32.0 Å². The lowest BCUT2D eigenvalue weighted by Gasteiger charge is -2.23. The van der Waals surface area contributed by atoms with Gasteiger partial charge < -0.3 is 10.2 Å². The fraction of sp³-hybridized carbons (Fsp3) is 0.471. The molecule has 1 aliphatic heterocycles. The van der Waals surface area contributed by atoms with E-state index in [-0.39, 0.29) is 0 Å². The Balaban J connectivity index is 1.69. The predicted octanol–water partition coefficient (Wildman–Crippen LogP) is 3.59. The summed E-state index contributed by atoms with van der Waals surface area (Å²) in [6, 6.07) is 9.79. The number of hydrogen-bond donors (Lipinski definition) is 1. The van der Waals surface area contributed by atoms with Crippen LogP contribution >= 0.6 is 11.3 Å². The molecule has 0 radical (unpaired) electrons. The number of rotatable bonds is 5. The number of para-hydroxylation sites is 1. The molecule has 1 atom stereocenters.